The second-order valence-electron chi connectivity index (χ2n) is 4.31. The molecule has 5 heteroatoms. The maximum atomic E-state index is 6.16. The Balaban J connectivity index is 2.16. The van der Waals surface area contributed by atoms with Crippen molar-refractivity contribution in [3.8, 4) is 11.4 Å². The van der Waals surface area contributed by atoms with Crippen LogP contribution in [0.1, 0.15) is 24.5 Å². The fourth-order valence-electron chi connectivity index (χ4n) is 1.85. The van der Waals surface area contributed by atoms with Gasteiger partial charge in [0, 0.05) is 11.6 Å². The second-order valence-corrected chi connectivity index (χ2v) is 5.51. The van der Waals surface area contributed by atoms with Crippen molar-refractivity contribution in [2.24, 2.45) is 0 Å². The topological polar surface area (TPSA) is 25.8 Å². The van der Waals surface area contributed by atoms with Crippen molar-refractivity contribution in [3.05, 3.63) is 45.2 Å². The third-order valence-corrected chi connectivity index (χ3v) is 3.72. The highest BCUT2D eigenvalue weighted by molar-refractivity contribution is 6.39. The summed E-state index contributed by atoms with van der Waals surface area (Å²) in [5, 5.41) is 1.50. The van der Waals surface area contributed by atoms with Crippen molar-refractivity contribution >= 4 is 34.8 Å². The van der Waals surface area contributed by atoms with Gasteiger partial charge >= 0.3 is 0 Å². The molecule has 2 aromatic rings. The lowest BCUT2D eigenvalue weighted by Gasteiger charge is -2.07. The van der Waals surface area contributed by atoms with Crippen molar-refractivity contribution in [1.82, 2.24) is 9.97 Å². The Morgan fingerprint density at radius 3 is 2.28 bits per heavy atom. The average molecular weight is 300 g/mol. The van der Waals surface area contributed by atoms with Crippen LogP contribution in [0.25, 0.3) is 11.4 Å². The van der Waals surface area contributed by atoms with Crippen molar-refractivity contribution in [3.63, 3.8) is 0 Å². The third kappa shape index (κ3) is 2.33. The standard InChI is InChI=1S/C13H9Cl3N2/c14-8-2-1-3-9(15)12(8)13-17-10(7-4-5-7)6-11(16)18-13/h1-3,6-7H,4-5H2. The Morgan fingerprint density at radius 1 is 1.00 bits per heavy atom. The van der Waals surface area contributed by atoms with Gasteiger partial charge in [0.25, 0.3) is 0 Å². The number of nitrogens with zero attached hydrogens (tertiary/aromatic N) is 2. The molecule has 3 rings (SSSR count). The van der Waals surface area contributed by atoms with Crippen LogP contribution < -0.4 is 0 Å². The van der Waals surface area contributed by atoms with Gasteiger partial charge in [0.15, 0.2) is 5.82 Å². The second kappa shape index (κ2) is 4.69. The number of rotatable bonds is 2. The lowest BCUT2D eigenvalue weighted by Crippen LogP contribution is -1.96. The fraction of sp³-hybridized carbons (Fsp3) is 0.231. The normalized spacial score (nSPS) is 14.8. The molecule has 0 atom stereocenters. The minimum absolute atomic E-state index is 0.429. The molecule has 18 heavy (non-hydrogen) atoms. The summed E-state index contributed by atoms with van der Waals surface area (Å²) in [4.78, 5) is 8.74. The van der Waals surface area contributed by atoms with E-state index in [1.807, 2.05) is 6.07 Å². The van der Waals surface area contributed by atoms with Crippen LogP contribution in [0, 0.1) is 0 Å². The first-order valence-electron chi connectivity index (χ1n) is 5.64. The Bertz CT molecular complexity index is 589. The van der Waals surface area contributed by atoms with Crippen LogP contribution in [0.2, 0.25) is 15.2 Å². The van der Waals surface area contributed by atoms with Crippen molar-refractivity contribution in [2.75, 3.05) is 0 Å². The molecule has 1 fully saturated rings. The van der Waals surface area contributed by atoms with Gasteiger partial charge in [-0.2, -0.15) is 0 Å². The smallest absolute Gasteiger partial charge is 0.164 e. The van der Waals surface area contributed by atoms with E-state index in [9.17, 15) is 0 Å². The van der Waals surface area contributed by atoms with Gasteiger partial charge in [0.05, 0.1) is 15.6 Å². The Hall–Kier alpha value is -0.830. The van der Waals surface area contributed by atoms with E-state index in [1.165, 1.54) is 0 Å². The van der Waals surface area contributed by atoms with Crippen LogP contribution in [0.3, 0.4) is 0 Å². The maximum Gasteiger partial charge on any atom is 0.164 e. The molecule has 0 N–H and O–H groups in total. The van der Waals surface area contributed by atoms with Gasteiger partial charge in [-0.3, -0.25) is 0 Å². The van der Waals surface area contributed by atoms with Gasteiger partial charge in [0.1, 0.15) is 5.15 Å². The minimum atomic E-state index is 0.429. The van der Waals surface area contributed by atoms with Crippen LogP contribution in [0.5, 0.6) is 0 Å². The molecule has 92 valence electrons. The first-order chi connectivity index (χ1) is 8.65. The Labute approximate surface area is 120 Å². The van der Waals surface area contributed by atoms with Gasteiger partial charge in [-0.1, -0.05) is 40.9 Å². The molecule has 0 saturated heterocycles. The highest BCUT2D eigenvalue weighted by Crippen LogP contribution is 2.41. The van der Waals surface area contributed by atoms with E-state index in [-0.39, 0.29) is 0 Å². The molecule has 0 bridgehead atoms. The summed E-state index contributed by atoms with van der Waals surface area (Å²) in [6.45, 7) is 0. The highest BCUT2D eigenvalue weighted by Gasteiger charge is 2.26. The first kappa shape index (κ1) is 12.2. The van der Waals surface area contributed by atoms with E-state index in [0.717, 1.165) is 18.5 Å². The number of aromatic nitrogens is 2. The molecule has 1 aromatic heterocycles. The average Bonchev–Trinajstić information content (AvgIpc) is 3.11. The van der Waals surface area contributed by atoms with Crippen LogP contribution in [0.15, 0.2) is 24.3 Å². The maximum absolute atomic E-state index is 6.16. The summed E-state index contributed by atoms with van der Waals surface area (Å²) in [5.41, 5.74) is 1.62. The lowest BCUT2D eigenvalue weighted by atomic mass is 10.2. The molecule has 2 nitrogen and oxygen atoms in total. The SMILES string of the molecule is Clc1cc(C2CC2)nc(-c2c(Cl)cccc2Cl)n1. The van der Waals surface area contributed by atoms with E-state index in [1.54, 1.807) is 18.2 Å². The molecule has 1 heterocycles. The van der Waals surface area contributed by atoms with Crippen molar-refractivity contribution in [2.45, 2.75) is 18.8 Å². The van der Waals surface area contributed by atoms with Crippen molar-refractivity contribution < 1.29 is 0 Å². The summed E-state index contributed by atoms with van der Waals surface area (Å²) in [5.74, 6) is 1.01. The predicted molar refractivity (Wildman–Crippen MR) is 74.5 cm³/mol. The quantitative estimate of drug-likeness (QED) is 0.731. The molecular formula is C13H9Cl3N2. The molecule has 0 amide bonds. The summed E-state index contributed by atoms with van der Waals surface area (Å²) in [6.07, 6.45) is 2.31. The van der Waals surface area contributed by atoms with Crippen LogP contribution >= 0.6 is 34.8 Å². The van der Waals surface area contributed by atoms with Gasteiger partial charge in [-0.15, -0.1) is 0 Å². The molecule has 1 saturated carbocycles. The zero-order valence-electron chi connectivity index (χ0n) is 9.33. The Kier molecular flexibility index (Phi) is 3.18. The van der Waals surface area contributed by atoms with Crippen LogP contribution in [-0.2, 0) is 0 Å². The molecule has 1 aliphatic rings. The summed E-state index contributed by atoms with van der Waals surface area (Å²) in [6, 6.07) is 7.14. The third-order valence-electron chi connectivity index (χ3n) is 2.90. The Morgan fingerprint density at radius 2 is 1.67 bits per heavy atom. The first-order valence-corrected chi connectivity index (χ1v) is 6.77. The number of hydrogen-bond donors (Lipinski definition) is 0. The van der Waals surface area contributed by atoms with Gasteiger partial charge in [-0.05, 0) is 31.0 Å². The van der Waals surface area contributed by atoms with Crippen LogP contribution in [0.4, 0.5) is 0 Å². The van der Waals surface area contributed by atoms with E-state index in [4.69, 9.17) is 34.8 Å². The zero-order valence-corrected chi connectivity index (χ0v) is 11.6. The number of halogens is 3. The fourth-order valence-corrected chi connectivity index (χ4v) is 2.60. The zero-order chi connectivity index (χ0) is 12.7. The largest absolute Gasteiger partial charge is 0.233 e. The van der Waals surface area contributed by atoms with Crippen molar-refractivity contribution in [1.29, 1.82) is 0 Å². The monoisotopic (exact) mass is 298 g/mol. The molecule has 0 aliphatic heterocycles. The summed E-state index contributed by atoms with van der Waals surface area (Å²) < 4.78 is 0. The minimum Gasteiger partial charge on any atom is -0.233 e. The molecule has 0 spiro atoms. The molecule has 0 radical (unpaired) electrons. The molecule has 1 aromatic carbocycles. The van der Waals surface area contributed by atoms with Gasteiger partial charge in [0.2, 0.25) is 0 Å². The van der Waals surface area contributed by atoms with E-state index < -0.39 is 0 Å². The van der Waals surface area contributed by atoms with E-state index >= 15 is 0 Å². The number of hydrogen-bond acceptors (Lipinski definition) is 2. The van der Waals surface area contributed by atoms with Gasteiger partial charge < -0.3 is 0 Å². The molecule has 0 unspecified atom stereocenters. The molecular weight excluding hydrogens is 291 g/mol. The predicted octanol–water partition coefficient (Wildman–Crippen LogP) is 4.98. The summed E-state index contributed by atoms with van der Waals surface area (Å²) in [7, 11) is 0. The van der Waals surface area contributed by atoms with Crippen LogP contribution in [-0.4, -0.2) is 9.97 Å². The molecule has 1 aliphatic carbocycles. The summed E-state index contributed by atoms with van der Waals surface area (Å²) >= 11 is 18.4. The number of benzene rings is 1. The highest BCUT2D eigenvalue weighted by atomic mass is 35.5. The van der Waals surface area contributed by atoms with E-state index in [2.05, 4.69) is 9.97 Å². The van der Waals surface area contributed by atoms with E-state index in [0.29, 0.717) is 32.5 Å². The van der Waals surface area contributed by atoms with Gasteiger partial charge in [-0.25, -0.2) is 9.97 Å². The lowest BCUT2D eigenvalue weighted by molar-refractivity contribution is 0.994.